The van der Waals surface area contributed by atoms with Gasteiger partial charge in [0.05, 0.1) is 0 Å². The Morgan fingerprint density at radius 1 is 1.03 bits per heavy atom. The number of benzene rings is 2. The van der Waals surface area contributed by atoms with E-state index in [1.807, 2.05) is 69.3 Å². The maximum atomic E-state index is 13.1. The number of ether oxygens (including phenoxy) is 1. The summed E-state index contributed by atoms with van der Waals surface area (Å²) in [6.07, 6.45) is 0. The second-order valence-corrected chi connectivity index (χ2v) is 9.41. The van der Waals surface area contributed by atoms with E-state index in [1.54, 1.807) is 11.8 Å². The molecule has 0 heterocycles. The van der Waals surface area contributed by atoms with E-state index >= 15 is 0 Å². The van der Waals surface area contributed by atoms with Crippen molar-refractivity contribution in [3.8, 4) is 5.75 Å². The Bertz CT molecular complexity index is 882. The fraction of sp³-hybridized carbons (Fsp3) is 0.462. The van der Waals surface area contributed by atoms with Gasteiger partial charge in [-0.1, -0.05) is 62.7 Å². The second-order valence-electron chi connectivity index (χ2n) is 9.41. The topological polar surface area (TPSA) is 58.6 Å². The number of aryl methyl sites for hydroxylation is 1. The van der Waals surface area contributed by atoms with Crippen molar-refractivity contribution in [3.05, 3.63) is 65.2 Å². The molecule has 5 nitrogen and oxygen atoms in total. The molecule has 0 bridgehead atoms. The third-order valence-corrected chi connectivity index (χ3v) is 5.12. The maximum absolute atomic E-state index is 13.1. The Hall–Kier alpha value is -2.82. The third kappa shape index (κ3) is 7.42. The Kier molecular flexibility index (Phi) is 8.26. The average Bonchev–Trinajstić information content (AvgIpc) is 2.69. The SMILES string of the molecule is Cc1cccc(CN(C(=O)COc2ccc(C(C)(C)C)cc2)C(C)C(=O)NC(C)C)c1. The number of amides is 2. The zero-order valence-electron chi connectivity index (χ0n) is 19.9. The Labute approximate surface area is 186 Å². The molecule has 2 rings (SSSR count). The zero-order chi connectivity index (χ0) is 23.2. The highest BCUT2D eigenvalue weighted by Crippen LogP contribution is 2.24. The van der Waals surface area contributed by atoms with Crippen LogP contribution in [0.5, 0.6) is 5.75 Å². The summed E-state index contributed by atoms with van der Waals surface area (Å²) in [6.45, 7) is 14.2. The number of nitrogens with one attached hydrogen (secondary N) is 1. The number of rotatable bonds is 8. The molecule has 0 saturated carbocycles. The molecule has 2 aromatic rings. The minimum Gasteiger partial charge on any atom is -0.484 e. The zero-order valence-corrected chi connectivity index (χ0v) is 19.9. The summed E-state index contributed by atoms with van der Waals surface area (Å²) in [5.74, 6) is 0.231. The molecule has 0 aliphatic rings. The fourth-order valence-corrected chi connectivity index (χ4v) is 3.27. The van der Waals surface area contributed by atoms with Crippen LogP contribution >= 0.6 is 0 Å². The molecule has 5 heteroatoms. The van der Waals surface area contributed by atoms with Gasteiger partial charge < -0.3 is 15.0 Å². The minimum absolute atomic E-state index is 0.00320. The lowest BCUT2D eigenvalue weighted by atomic mass is 9.87. The lowest BCUT2D eigenvalue weighted by Gasteiger charge is -2.29. The molecule has 1 N–H and O–H groups in total. The van der Waals surface area contributed by atoms with Gasteiger partial charge in [-0.15, -0.1) is 0 Å². The monoisotopic (exact) mass is 424 g/mol. The standard InChI is InChI=1S/C26H36N2O3/c1-18(2)27-25(30)20(4)28(16-21-10-8-9-19(3)15-21)24(29)17-31-23-13-11-22(12-14-23)26(5,6)7/h8-15,18,20H,16-17H2,1-7H3,(H,27,30). The van der Waals surface area contributed by atoms with Gasteiger partial charge in [-0.3, -0.25) is 9.59 Å². The number of hydrogen-bond donors (Lipinski definition) is 1. The van der Waals surface area contributed by atoms with Crippen LogP contribution in [0.4, 0.5) is 0 Å². The van der Waals surface area contributed by atoms with Gasteiger partial charge in [0, 0.05) is 12.6 Å². The molecule has 0 aromatic heterocycles. The lowest BCUT2D eigenvalue weighted by Crippen LogP contribution is -2.50. The number of carbonyl (C=O) groups excluding carboxylic acids is 2. The van der Waals surface area contributed by atoms with Crippen LogP contribution < -0.4 is 10.1 Å². The summed E-state index contributed by atoms with van der Waals surface area (Å²) >= 11 is 0. The largest absolute Gasteiger partial charge is 0.484 e. The number of hydrogen-bond acceptors (Lipinski definition) is 3. The van der Waals surface area contributed by atoms with E-state index in [0.717, 1.165) is 11.1 Å². The highest BCUT2D eigenvalue weighted by atomic mass is 16.5. The van der Waals surface area contributed by atoms with E-state index in [4.69, 9.17) is 4.74 Å². The summed E-state index contributed by atoms with van der Waals surface area (Å²) in [4.78, 5) is 27.3. The van der Waals surface area contributed by atoms with Crippen molar-refractivity contribution in [1.82, 2.24) is 10.2 Å². The van der Waals surface area contributed by atoms with Crippen molar-refractivity contribution >= 4 is 11.8 Å². The highest BCUT2D eigenvalue weighted by Gasteiger charge is 2.27. The molecular formula is C26H36N2O3. The Balaban J connectivity index is 2.14. The first-order valence-electron chi connectivity index (χ1n) is 10.9. The van der Waals surface area contributed by atoms with Gasteiger partial charge in [0.2, 0.25) is 5.91 Å². The summed E-state index contributed by atoms with van der Waals surface area (Å²) in [7, 11) is 0. The van der Waals surface area contributed by atoms with E-state index in [-0.39, 0.29) is 29.9 Å². The van der Waals surface area contributed by atoms with Crippen molar-refractivity contribution in [2.75, 3.05) is 6.61 Å². The molecule has 0 fully saturated rings. The van der Waals surface area contributed by atoms with Crippen molar-refractivity contribution in [2.24, 2.45) is 0 Å². The molecule has 1 atom stereocenters. The second kappa shape index (κ2) is 10.5. The molecule has 0 saturated heterocycles. The van der Waals surface area contributed by atoms with E-state index < -0.39 is 6.04 Å². The number of nitrogens with zero attached hydrogens (tertiary/aromatic N) is 1. The van der Waals surface area contributed by atoms with Crippen LogP contribution in [0.1, 0.15) is 58.2 Å². The average molecular weight is 425 g/mol. The van der Waals surface area contributed by atoms with Gasteiger partial charge in [-0.25, -0.2) is 0 Å². The summed E-state index contributed by atoms with van der Waals surface area (Å²) < 4.78 is 5.77. The fourth-order valence-electron chi connectivity index (χ4n) is 3.27. The van der Waals surface area contributed by atoms with Gasteiger partial charge in [-0.05, 0) is 56.4 Å². The molecule has 0 spiro atoms. The molecule has 0 aliphatic carbocycles. The van der Waals surface area contributed by atoms with Gasteiger partial charge >= 0.3 is 0 Å². The highest BCUT2D eigenvalue weighted by molar-refractivity contribution is 5.88. The van der Waals surface area contributed by atoms with E-state index in [2.05, 4.69) is 26.1 Å². The van der Waals surface area contributed by atoms with Crippen molar-refractivity contribution in [3.63, 3.8) is 0 Å². The van der Waals surface area contributed by atoms with Crippen LogP contribution in [0, 0.1) is 6.92 Å². The Morgan fingerprint density at radius 2 is 1.68 bits per heavy atom. The predicted octanol–water partition coefficient (Wildman–Crippen LogP) is 4.61. The molecule has 31 heavy (non-hydrogen) atoms. The van der Waals surface area contributed by atoms with Crippen LogP contribution in [0.2, 0.25) is 0 Å². The van der Waals surface area contributed by atoms with Crippen LogP contribution in [-0.4, -0.2) is 35.4 Å². The Morgan fingerprint density at radius 3 is 2.23 bits per heavy atom. The lowest BCUT2D eigenvalue weighted by molar-refractivity contribution is -0.142. The molecule has 0 aliphatic heterocycles. The van der Waals surface area contributed by atoms with Crippen molar-refractivity contribution in [1.29, 1.82) is 0 Å². The molecule has 2 amide bonds. The molecule has 0 radical (unpaired) electrons. The smallest absolute Gasteiger partial charge is 0.261 e. The van der Waals surface area contributed by atoms with Gasteiger partial charge in [0.15, 0.2) is 6.61 Å². The molecular weight excluding hydrogens is 388 g/mol. The first-order chi connectivity index (χ1) is 14.5. The van der Waals surface area contributed by atoms with Gasteiger partial charge in [0.1, 0.15) is 11.8 Å². The minimum atomic E-state index is -0.609. The summed E-state index contributed by atoms with van der Waals surface area (Å²) in [6, 6.07) is 15.2. The maximum Gasteiger partial charge on any atom is 0.261 e. The molecule has 2 aromatic carbocycles. The van der Waals surface area contributed by atoms with Crippen LogP contribution in [0.15, 0.2) is 48.5 Å². The third-order valence-electron chi connectivity index (χ3n) is 5.12. The van der Waals surface area contributed by atoms with Crippen molar-refractivity contribution in [2.45, 2.75) is 72.5 Å². The van der Waals surface area contributed by atoms with Crippen LogP contribution in [0.3, 0.4) is 0 Å². The quantitative estimate of drug-likeness (QED) is 0.673. The molecule has 1 unspecified atom stereocenters. The van der Waals surface area contributed by atoms with Gasteiger partial charge in [-0.2, -0.15) is 0 Å². The van der Waals surface area contributed by atoms with Crippen molar-refractivity contribution < 1.29 is 14.3 Å². The first kappa shape index (κ1) is 24.4. The van der Waals surface area contributed by atoms with E-state index in [9.17, 15) is 9.59 Å². The molecule has 168 valence electrons. The predicted molar refractivity (Wildman–Crippen MR) is 125 cm³/mol. The summed E-state index contributed by atoms with van der Waals surface area (Å²) in [5, 5.41) is 2.90. The number of carbonyl (C=O) groups is 2. The first-order valence-corrected chi connectivity index (χ1v) is 10.9. The normalized spacial score (nSPS) is 12.4. The summed E-state index contributed by atoms with van der Waals surface area (Å²) in [5.41, 5.74) is 3.34. The van der Waals surface area contributed by atoms with E-state index in [1.165, 1.54) is 5.56 Å². The van der Waals surface area contributed by atoms with Crippen LogP contribution in [0.25, 0.3) is 0 Å². The van der Waals surface area contributed by atoms with Gasteiger partial charge in [0.25, 0.3) is 5.91 Å². The van der Waals surface area contributed by atoms with E-state index in [0.29, 0.717) is 12.3 Å². The van der Waals surface area contributed by atoms with Crippen LogP contribution in [-0.2, 0) is 21.5 Å².